The van der Waals surface area contributed by atoms with Crippen LogP contribution < -0.4 is 24.4 Å². The van der Waals surface area contributed by atoms with E-state index in [0.717, 1.165) is 32.1 Å². The second-order valence-electron chi connectivity index (χ2n) is 9.09. The molecule has 1 atom stereocenters. The third-order valence-corrected chi connectivity index (χ3v) is 6.84. The minimum absolute atomic E-state index is 0.0452. The molecule has 0 bridgehead atoms. The summed E-state index contributed by atoms with van der Waals surface area (Å²) in [5.41, 5.74) is 1.41. The molecule has 2 aromatic carbocycles. The summed E-state index contributed by atoms with van der Waals surface area (Å²) >= 11 is 0. The molecule has 1 aromatic heterocycles. The number of hydrogen-bond donors (Lipinski definition) is 1. The van der Waals surface area contributed by atoms with Gasteiger partial charge in [-0.3, -0.25) is 14.5 Å². The Morgan fingerprint density at radius 3 is 2.27 bits per heavy atom. The molecule has 1 aliphatic carbocycles. The number of methoxy groups -OCH3 is 3. The van der Waals surface area contributed by atoms with Crippen LogP contribution in [0.1, 0.15) is 59.8 Å². The van der Waals surface area contributed by atoms with Crippen molar-refractivity contribution < 1.29 is 28.2 Å². The average Bonchev–Trinajstić information content (AvgIpc) is 3.37. The van der Waals surface area contributed by atoms with Gasteiger partial charge in [-0.25, -0.2) is 0 Å². The maximum atomic E-state index is 14.1. The van der Waals surface area contributed by atoms with Crippen molar-refractivity contribution in [1.29, 1.82) is 0 Å². The van der Waals surface area contributed by atoms with E-state index in [4.69, 9.17) is 18.6 Å². The van der Waals surface area contributed by atoms with Crippen LogP contribution in [0.3, 0.4) is 0 Å². The van der Waals surface area contributed by atoms with Crippen LogP contribution in [0.4, 0.5) is 5.69 Å². The zero-order valence-electron chi connectivity index (χ0n) is 21.8. The van der Waals surface area contributed by atoms with E-state index in [9.17, 15) is 9.59 Å². The summed E-state index contributed by atoms with van der Waals surface area (Å²) in [6.45, 7) is 1.72. The highest BCUT2D eigenvalue weighted by Gasteiger charge is 2.38. The van der Waals surface area contributed by atoms with E-state index in [0.29, 0.717) is 39.8 Å². The van der Waals surface area contributed by atoms with Crippen LogP contribution in [-0.2, 0) is 4.79 Å². The lowest BCUT2D eigenvalue weighted by Gasteiger charge is -2.34. The van der Waals surface area contributed by atoms with E-state index in [-0.39, 0.29) is 17.9 Å². The molecule has 0 spiro atoms. The third-order valence-electron chi connectivity index (χ3n) is 6.84. The van der Waals surface area contributed by atoms with Crippen molar-refractivity contribution in [2.75, 3.05) is 26.2 Å². The molecule has 1 fully saturated rings. The number of nitrogens with zero attached hydrogens (tertiary/aromatic N) is 1. The van der Waals surface area contributed by atoms with E-state index < -0.39 is 6.04 Å². The lowest BCUT2D eigenvalue weighted by molar-refractivity contribution is -0.123. The van der Waals surface area contributed by atoms with Gasteiger partial charge in [0.15, 0.2) is 11.5 Å². The fourth-order valence-corrected chi connectivity index (χ4v) is 4.91. The molecule has 0 radical (unpaired) electrons. The Labute approximate surface area is 217 Å². The number of ether oxygens (including phenoxy) is 3. The van der Waals surface area contributed by atoms with Crippen LogP contribution in [0.2, 0.25) is 0 Å². The number of anilines is 1. The lowest BCUT2D eigenvalue weighted by atomic mass is 9.94. The molecule has 37 heavy (non-hydrogen) atoms. The van der Waals surface area contributed by atoms with Gasteiger partial charge in [-0.15, -0.1) is 0 Å². The van der Waals surface area contributed by atoms with Crippen molar-refractivity contribution in [2.45, 2.75) is 51.1 Å². The van der Waals surface area contributed by atoms with Gasteiger partial charge in [0.2, 0.25) is 5.91 Å². The second kappa shape index (κ2) is 11.9. The summed E-state index contributed by atoms with van der Waals surface area (Å²) in [6, 6.07) is 13.0. The van der Waals surface area contributed by atoms with Crippen molar-refractivity contribution in [2.24, 2.45) is 0 Å². The third kappa shape index (κ3) is 5.58. The Morgan fingerprint density at radius 1 is 0.946 bits per heavy atom. The standard InChI is InChI=1S/C29H34N2O6/c1-19-23(17-18-37-19)29(33)31(21-13-15-22(34-2)16-14-21)26(28(32)30-20-9-6-5-7-10-20)24-11-8-12-25(35-3)27(24)36-4/h8,11-18,20,26H,5-7,9-10H2,1-4H3,(H,30,32)/t26-/m0/s1. The van der Waals surface area contributed by atoms with Crippen LogP contribution in [0.15, 0.2) is 59.2 Å². The van der Waals surface area contributed by atoms with E-state index in [1.54, 1.807) is 69.7 Å². The van der Waals surface area contributed by atoms with Gasteiger partial charge in [-0.05, 0) is 56.2 Å². The molecule has 0 saturated heterocycles. The van der Waals surface area contributed by atoms with Gasteiger partial charge in [0.05, 0.1) is 33.2 Å². The maximum absolute atomic E-state index is 14.1. The highest BCUT2D eigenvalue weighted by atomic mass is 16.5. The molecule has 8 nitrogen and oxygen atoms in total. The summed E-state index contributed by atoms with van der Waals surface area (Å²) in [6.07, 6.45) is 6.57. The first kappa shape index (κ1) is 26.1. The van der Waals surface area contributed by atoms with Crippen molar-refractivity contribution >= 4 is 17.5 Å². The summed E-state index contributed by atoms with van der Waals surface area (Å²) in [5.74, 6) is 1.31. The number of hydrogen-bond acceptors (Lipinski definition) is 6. The van der Waals surface area contributed by atoms with Crippen molar-refractivity contribution in [3.05, 3.63) is 71.7 Å². The number of benzene rings is 2. The molecule has 1 saturated carbocycles. The van der Waals surface area contributed by atoms with Gasteiger partial charge >= 0.3 is 0 Å². The zero-order chi connectivity index (χ0) is 26.4. The maximum Gasteiger partial charge on any atom is 0.262 e. The molecule has 8 heteroatoms. The van der Waals surface area contributed by atoms with Crippen molar-refractivity contribution in [1.82, 2.24) is 5.32 Å². The second-order valence-corrected chi connectivity index (χ2v) is 9.09. The largest absolute Gasteiger partial charge is 0.497 e. The minimum Gasteiger partial charge on any atom is -0.497 e. The first-order valence-electron chi connectivity index (χ1n) is 12.5. The van der Waals surface area contributed by atoms with Gasteiger partial charge in [0, 0.05) is 17.3 Å². The van der Waals surface area contributed by atoms with Crippen molar-refractivity contribution in [3.8, 4) is 17.2 Å². The normalized spacial score (nSPS) is 14.5. The quantitative estimate of drug-likeness (QED) is 0.415. The van der Waals surface area contributed by atoms with E-state index in [1.165, 1.54) is 18.3 Å². The zero-order valence-corrected chi connectivity index (χ0v) is 21.8. The molecular weight excluding hydrogens is 472 g/mol. The first-order valence-corrected chi connectivity index (χ1v) is 12.5. The van der Waals surface area contributed by atoms with Crippen LogP contribution >= 0.6 is 0 Å². The molecule has 1 N–H and O–H groups in total. The van der Waals surface area contributed by atoms with E-state index in [2.05, 4.69) is 5.32 Å². The van der Waals surface area contributed by atoms with Crippen LogP contribution in [0.25, 0.3) is 0 Å². The Hall–Kier alpha value is -3.94. The molecular formula is C29H34N2O6. The number of furan rings is 1. The Morgan fingerprint density at radius 2 is 1.68 bits per heavy atom. The lowest BCUT2D eigenvalue weighted by Crippen LogP contribution is -2.47. The Balaban J connectivity index is 1.89. The fourth-order valence-electron chi connectivity index (χ4n) is 4.91. The number of nitrogens with one attached hydrogen (secondary N) is 1. The highest BCUT2D eigenvalue weighted by Crippen LogP contribution is 2.40. The predicted octanol–water partition coefficient (Wildman–Crippen LogP) is 5.45. The summed E-state index contributed by atoms with van der Waals surface area (Å²) in [5, 5.41) is 3.22. The minimum atomic E-state index is -1.04. The topological polar surface area (TPSA) is 90.2 Å². The first-order chi connectivity index (χ1) is 18.0. The Kier molecular flexibility index (Phi) is 8.38. The molecule has 1 aliphatic rings. The van der Waals surface area contributed by atoms with Crippen LogP contribution in [0.5, 0.6) is 17.2 Å². The van der Waals surface area contributed by atoms with Gasteiger partial charge in [0.1, 0.15) is 17.6 Å². The summed E-state index contributed by atoms with van der Waals surface area (Å²) in [4.78, 5) is 29.7. The molecule has 2 amide bonds. The van der Waals surface area contributed by atoms with Gasteiger partial charge in [-0.1, -0.05) is 31.4 Å². The van der Waals surface area contributed by atoms with E-state index >= 15 is 0 Å². The number of para-hydroxylation sites is 1. The molecule has 4 rings (SSSR count). The molecule has 3 aromatic rings. The number of aryl methyl sites for hydroxylation is 1. The number of amides is 2. The van der Waals surface area contributed by atoms with E-state index in [1.807, 2.05) is 0 Å². The number of carbonyl (C=O) groups is 2. The van der Waals surface area contributed by atoms with Crippen molar-refractivity contribution in [3.63, 3.8) is 0 Å². The highest BCUT2D eigenvalue weighted by molar-refractivity contribution is 6.10. The van der Waals surface area contributed by atoms with Crippen LogP contribution in [-0.4, -0.2) is 39.2 Å². The van der Waals surface area contributed by atoms with Crippen LogP contribution in [0, 0.1) is 6.92 Å². The fraction of sp³-hybridized carbons (Fsp3) is 0.379. The molecule has 0 aliphatic heterocycles. The molecule has 196 valence electrons. The smallest absolute Gasteiger partial charge is 0.262 e. The number of rotatable bonds is 9. The average molecular weight is 507 g/mol. The van der Waals surface area contributed by atoms with Gasteiger partial charge < -0.3 is 23.9 Å². The summed E-state index contributed by atoms with van der Waals surface area (Å²) in [7, 11) is 4.64. The summed E-state index contributed by atoms with van der Waals surface area (Å²) < 4.78 is 22.0. The SMILES string of the molecule is COc1ccc(N(C(=O)c2ccoc2C)[C@H](C(=O)NC2CCCCC2)c2cccc(OC)c2OC)cc1. The molecule has 1 heterocycles. The van der Waals surface area contributed by atoms with Gasteiger partial charge in [0.25, 0.3) is 5.91 Å². The number of carbonyl (C=O) groups excluding carboxylic acids is 2. The van der Waals surface area contributed by atoms with Gasteiger partial charge in [-0.2, -0.15) is 0 Å². The monoisotopic (exact) mass is 506 g/mol. The predicted molar refractivity (Wildman–Crippen MR) is 141 cm³/mol. The molecule has 0 unspecified atom stereocenters. The Bertz CT molecular complexity index is 1210.